The molecule has 1 aliphatic carbocycles. The van der Waals surface area contributed by atoms with Gasteiger partial charge in [0.25, 0.3) is 5.91 Å². The first-order chi connectivity index (χ1) is 12.2. The van der Waals surface area contributed by atoms with Crippen molar-refractivity contribution in [2.75, 3.05) is 23.3 Å². The normalized spacial score (nSPS) is 15.6. The van der Waals surface area contributed by atoms with Crippen molar-refractivity contribution < 1.29 is 9.59 Å². The minimum absolute atomic E-state index is 0.0161. The summed E-state index contributed by atoms with van der Waals surface area (Å²) in [5, 5.41) is 6.14. The third-order valence-corrected chi connectivity index (χ3v) is 4.70. The second-order valence-electron chi connectivity index (χ2n) is 6.57. The number of rotatable bonds is 5. The fourth-order valence-electron chi connectivity index (χ4n) is 3.19. The minimum Gasteiger partial charge on any atom is -0.375 e. The molecule has 0 aromatic heterocycles. The van der Waals surface area contributed by atoms with Crippen LogP contribution < -0.4 is 15.5 Å². The van der Waals surface area contributed by atoms with Gasteiger partial charge in [-0.15, -0.1) is 0 Å². The molecule has 5 nitrogen and oxygen atoms in total. The highest BCUT2D eigenvalue weighted by Gasteiger charge is 2.26. The number of nitrogens with zero attached hydrogens (tertiary/aromatic N) is 1. The molecule has 0 atom stereocenters. The van der Waals surface area contributed by atoms with Crippen LogP contribution in [-0.2, 0) is 11.2 Å². The van der Waals surface area contributed by atoms with Crippen LogP contribution in [-0.4, -0.2) is 30.9 Å². The molecule has 2 amide bonds. The number of amides is 2. The molecule has 4 rings (SSSR count). The molecule has 0 saturated heterocycles. The van der Waals surface area contributed by atoms with Crippen molar-refractivity contribution in [2.45, 2.75) is 25.3 Å². The van der Waals surface area contributed by atoms with Gasteiger partial charge in [0.05, 0.1) is 12.1 Å². The smallest absolute Gasteiger partial charge is 0.253 e. The zero-order valence-electron chi connectivity index (χ0n) is 14.0. The van der Waals surface area contributed by atoms with E-state index in [1.165, 1.54) is 5.56 Å². The highest BCUT2D eigenvalue weighted by molar-refractivity contribution is 6.02. The molecule has 2 aliphatic rings. The van der Waals surface area contributed by atoms with Gasteiger partial charge in [0.15, 0.2) is 0 Å². The highest BCUT2D eigenvalue weighted by atomic mass is 16.2. The summed E-state index contributed by atoms with van der Waals surface area (Å²) < 4.78 is 0. The standard InChI is InChI=1S/C20H21N3O2/c24-19(23-12-11-14-5-1-4-8-18(14)23)13-21-17-7-3-2-6-16(17)20(25)22-15-9-10-15/h1-8,15,21H,9-13H2,(H,22,25). The Balaban J connectivity index is 1.43. The summed E-state index contributed by atoms with van der Waals surface area (Å²) in [5.41, 5.74) is 3.49. The van der Waals surface area contributed by atoms with Crippen LogP contribution in [0.15, 0.2) is 48.5 Å². The van der Waals surface area contributed by atoms with Crippen molar-refractivity contribution >= 4 is 23.2 Å². The number of nitrogens with one attached hydrogen (secondary N) is 2. The second-order valence-corrected chi connectivity index (χ2v) is 6.57. The third kappa shape index (κ3) is 3.36. The van der Waals surface area contributed by atoms with E-state index in [9.17, 15) is 9.59 Å². The lowest BCUT2D eigenvalue weighted by atomic mass is 10.1. The van der Waals surface area contributed by atoms with E-state index < -0.39 is 0 Å². The number of carbonyl (C=O) groups is 2. The van der Waals surface area contributed by atoms with Gasteiger partial charge >= 0.3 is 0 Å². The molecule has 1 fully saturated rings. The number of hydrogen-bond donors (Lipinski definition) is 2. The number of anilines is 2. The quantitative estimate of drug-likeness (QED) is 0.883. The summed E-state index contributed by atoms with van der Waals surface area (Å²) in [6.07, 6.45) is 2.99. The first-order valence-corrected chi connectivity index (χ1v) is 8.74. The molecule has 1 aliphatic heterocycles. The van der Waals surface area contributed by atoms with Gasteiger partial charge in [0, 0.05) is 24.0 Å². The molecule has 25 heavy (non-hydrogen) atoms. The maximum absolute atomic E-state index is 12.6. The van der Waals surface area contributed by atoms with Gasteiger partial charge in [-0.05, 0) is 43.0 Å². The van der Waals surface area contributed by atoms with Gasteiger partial charge in [-0.2, -0.15) is 0 Å². The van der Waals surface area contributed by atoms with Crippen LogP contribution in [0, 0.1) is 0 Å². The Morgan fingerprint density at radius 2 is 1.80 bits per heavy atom. The summed E-state index contributed by atoms with van der Waals surface area (Å²) in [6, 6.07) is 15.6. The average molecular weight is 335 g/mol. The predicted molar refractivity (Wildman–Crippen MR) is 97.9 cm³/mol. The van der Waals surface area contributed by atoms with Crippen molar-refractivity contribution in [3.8, 4) is 0 Å². The van der Waals surface area contributed by atoms with Crippen LogP contribution in [0.1, 0.15) is 28.8 Å². The molecule has 1 saturated carbocycles. The zero-order chi connectivity index (χ0) is 17.2. The Morgan fingerprint density at radius 3 is 2.64 bits per heavy atom. The molecule has 0 spiro atoms. The molecule has 128 valence electrons. The van der Waals surface area contributed by atoms with Crippen molar-refractivity contribution in [1.29, 1.82) is 0 Å². The Labute approximate surface area is 147 Å². The minimum atomic E-state index is -0.0791. The fourth-order valence-corrected chi connectivity index (χ4v) is 3.19. The Kier molecular flexibility index (Phi) is 4.14. The van der Waals surface area contributed by atoms with Crippen molar-refractivity contribution in [1.82, 2.24) is 5.32 Å². The van der Waals surface area contributed by atoms with E-state index in [-0.39, 0.29) is 18.4 Å². The lowest BCUT2D eigenvalue weighted by Gasteiger charge is -2.19. The van der Waals surface area contributed by atoms with Gasteiger partial charge < -0.3 is 15.5 Å². The topological polar surface area (TPSA) is 61.4 Å². The van der Waals surface area contributed by atoms with Gasteiger partial charge in [0.2, 0.25) is 5.91 Å². The lowest BCUT2D eigenvalue weighted by molar-refractivity contribution is -0.116. The third-order valence-electron chi connectivity index (χ3n) is 4.70. The molecule has 0 radical (unpaired) electrons. The van der Waals surface area contributed by atoms with Gasteiger partial charge in [0.1, 0.15) is 0 Å². The Hall–Kier alpha value is -2.82. The van der Waals surface area contributed by atoms with Crippen LogP contribution in [0.5, 0.6) is 0 Å². The molecule has 1 heterocycles. The van der Waals surface area contributed by atoms with Crippen LogP contribution in [0.25, 0.3) is 0 Å². The van der Waals surface area contributed by atoms with Crippen LogP contribution in [0.2, 0.25) is 0 Å². The molecule has 2 N–H and O–H groups in total. The summed E-state index contributed by atoms with van der Waals surface area (Å²) in [6.45, 7) is 0.881. The lowest BCUT2D eigenvalue weighted by Crippen LogP contribution is -2.34. The van der Waals surface area contributed by atoms with Crippen LogP contribution in [0.3, 0.4) is 0 Å². The first kappa shape index (κ1) is 15.7. The zero-order valence-corrected chi connectivity index (χ0v) is 14.0. The van der Waals surface area contributed by atoms with Crippen LogP contribution >= 0.6 is 0 Å². The fraction of sp³-hybridized carbons (Fsp3) is 0.300. The molecule has 0 unspecified atom stereocenters. The first-order valence-electron chi connectivity index (χ1n) is 8.74. The molecule has 0 bridgehead atoms. The largest absolute Gasteiger partial charge is 0.375 e. The van der Waals surface area contributed by atoms with E-state index in [2.05, 4.69) is 16.7 Å². The number of carbonyl (C=O) groups excluding carboxylic acids is 2. The van der Waals surface area contributed by atoms with E-state index in [1.54, 1.807) is 6.07 Å². The molecular formula is C20H21N3O2. The van der Waals surface area contributed by atoms with Gasteiger partial charge in [-0.1, -0.05) is 30.3 Å². The van der Waals surface area contributed by atoms with E-state index in [4.69, 9.17) is 0 Å². The van der Waals surface area contributed by atoms with Crippen LogP contribution in [0.4, 0.5) is 11.4 Å². The maximum Gasteiger partial charge on any atom is 0.253 e. The Morgan fingerprint density at radius 1 is 1.04 bits per heavy atom. The van der Waals surface area contributed by atoms with Crippen molar-refractivity contribution in [3.05, 3.63) is 59.7 Å². The highest BCUT2D eigenvalue weighted by Crippen LogP contribution is 2.27. The summed E-state index contributed by atoms with van der Waals surface area (Å²) in [4.78, 5) is 26.8. The monoisotopic (exact) mass is 335 g/mol. The molecule has 5 heteroatoms. The van der Waals surface area contributed by atoms with Gasteiger partial charge in [-0.25, -0.2) is 0 Å². The molecule has 2 aromatic carbocycles. The van der Waals surface area contributed by atoms with E-state index in [1.807, 2.05) is 41.3 Å². The SMILES string of the molecule is O=C(NC1CC1)c1ccccc1NCC(=O)N1CCc2ccccc21. The summed E-state index contributed by atoms with van der Waals surface area (Å²) in [7, 11) is 0. The number of benzene rings is 2. The average Bonchev–Trinajstić information content (AvgIpc) is 3.35. The maximum atomic E-state index is 12.6. The predicted octanol–water partition coefficient (Wildman–Crippen LogP) is 2.58. The molecular weight excluding hydrogens is 314 g/mol. The molecule has 2 aromatic rings. The number of fused-ring (bicyclic) bond motifs is 1. The van der Waals surface area contributed by atoms with Gasteiger partial charge in [-0.3, -0.25) is 9.59 Å². The summed E-state index contributed by atoms with van der Waals surface area (Å²) >= 11 is 0. The number of hydrogen-bond acceptors (Lipinski definition) is 3. The van der Waals surface area contributed by atoms with E-state index in [0.717, 1.165) is 24.9 Å². The van der Waals surface area contributed by atoms with E-state index >= 15 is 0 Å². The van der Waals surface area contributed by atoms with Crippen molar-refractivity contribution in [2.24, 2.45) is 0 Å². The Bertz CT molecular complexity index is 814. The van der Waals surface area contributed by atoms with Crippen molar-refractivity contribution in [3.63, 3.8) is 0 Å². The summed E-state index contributed by atoms with van der Waals surface area (Å²) in [5.74, 6) is -0.0630. The van der Waals surface area contributed by atoms with E-state index in [0.29, 0.717) is 23.8 Å². The second kappa shape index (κ2) is 6.59. The number of para-hydroxylation sites is 2.